The van der Waals surface area contributed by atoms with Gasteiger partial charge in [0.2, 0.25) is 0 Å². The lowest BCUT2D eigenvalue weighted by Gasteiger charge is -2.37. The van der Waals surface area contributed by atoms with Gasteiger partial charge in [-0.15, -0.1) is 0 Å². The van der Waals surface area contributed by atoms with Gasteiger partial charge in [-0.1, -0.05) is 56.7 Å². The molecule has 1 aromatic carbocycles. The Balaban J connectivity index is 1.66. The van der Waals surface area contributed by atoms with Crippen molar-refractivity contribution in [2.24, 2.45) is 0 Å². The van der Waals surface area contributed by atoms with Gasteiger partial charge in [0, 0.05) is 25.0 Å². The van der Waals surface area contributed by atoms with E-state index in [1.54, 1.807) is 6.07 Å². The predicted molar refractivity (Wildman–Crippen MR) is 93.6 cm³/mol. The zero-order valence-corrected chi connectivity index (χ0v) is 14.4. The largest absolute Gasteiger partial charge is 0.508 e. The van der Waals surface area contributed by atoms with Crippen molar-refractivity contribution in [2.75, 3.05) is 0 Å². The van der Waals surface area contributed by atoms with Crippen molar-refractivity contribution in [3.63, 3.8) is 0 Å². The number of phenolic OH excluding ortho intramolecular Hbond substituents is 1. The van der Waals surface area contributed by atoms with Crippen LogP contribution in [0.5, 0.6) is 5.75 Å². The molecule has 3 heteroatoms. The van der Waals surface area contributed by atoms with Crippen molar-refractivity contribution in [3.05, 3.63) is 29.8 Å². The summed E-state index contributed by atoms with van der Waals surface area (Å²) in [7, 11) is -0.344. The summed E-state index contributed by atoms with van der Waals surface area (Å²) in [4.78, 5) is 0. The van der Waals surface area contributed by atoms with Crippen molar-refractivity contribution in [3.8, 4) is 5.75 Å². The predicted octanol–water partition coefficient (Wildman–Crippen LogP) is 5.97. The molecule has 2 aliphatic carbocycles. The highest BCUT2D eigenvalue weighted by molar-refractivity contribution is 7.54. The van der Waals surface area contributed by atoms with Crippen LogP contribution < -0.4 is 0 Å². The highest BCUT2D eigenvalue weighted by Crippen LogP contribution is 2.57. The quantitative estimate of drug-likeness (QED) is 0.677. The van der Waals surface area contributed by atoms with Gasteiger partial charge in [-0.25, -0.2) is 0 Å². The molecule has 1 N–H and O–H groups in total. The van der Waals surface area contributed by atoms with Crippen LogP contribution in [-0.2, 0) is 11.1 Å². The van der Waals surface area contributed by atoms with E-state index in [0.717, 1.165) is 16.9 Å². The second-order valence-electron chi connectivity index (χ2n) is 6.85. The van der Waals surface area contributed by atoms with Crippen LogP contribution in [0, 0.1) is 0 Å². The number of phenols is 1. The van der Waals surface area contributed by atoms with Crippen molar-refractivity contribution in [2.45, 2.75) is 82.1 Å². The topological polar surface area (TPSA) is 29.5 Å². The second kappa shape index (κ2) is 8.31. The second-order valence-corrected chi connectivity index (χ2v) is 9.28. The fourth-order valence-corrected chi connectivity index (χ4v) is 7.01. The van der Waals surface area contributed by atoms with Crippen LogP contribution in [0.4, 0.5) is 0 Å². The van der Waals surface area contributed by atoms with Crippen LogP contribution in [-0.4, -0.2) is 16.4 Å². The lowest BCUT2D eigenvalue weighted by atomic mass is 10.00. The molecule has 0 saturated heterocycles. The molecule has 0 atom stereocenters. The number of rotatable bonds is 5. The summed E-state index contributed by atoms with van der Waals surface area (Å²) >= 11 is 0. The summed E-state index contributed by atoms with van der Waals surface area (Å²) < 4.78 is 6.49. The maximum Gasteiger partial charge on any atom is 0.121 e. The van der Waals surface area contributed by atoms with E-state index in [-0.39, 0.29) is 8.15 Å². The van der Waals surface area contributed by atoms with E-state index in [1.165, 1.54) is 64.2 Å². The van der Waals surface area contributed by atoms with E-state index in [9.17, 15) is 5.11 Å². The molecule has 0 amide bonds. The lowest BCUT2D eigenvalue weighted by Crippen LogP contribution is -2.21. The van der Waals surface area contributed by atoms with Crippen LogP contribution in [0.3, 0.4) is 0 Å². The number of aromatic hydroxyl groups is 1. The molecule has 0 bridgehead atoms. The highest BCUT2D eigenvalue weighted by atomic mass is 31.1. The smallest absolute Gasteiger partial charge is 0.121 e. The Bertz CT molecular complexity index is 433. The summed E-state index contributed by atoms with van der Waals surface area (Å²) in [6.07, 6.45) is 13.8. The Morgan fingerprint density at radius 3 is 1.95 bits per heavy atom. The van der Waals surface area contributed by atoms with Gasteiger partial charge in [-0.3, -0.25) is 0 Å². The van der Waals surface area contributed by atoms with E-state index >= 15 is 0 Å². The first-order valence-electron chi connectivity index (χ1n) is 9.03. The summed E-state index contributed by atoms with van der Waals surface area (Å²) in [6, 6.07) is 7.62. The standard InChI is InChI=1S/C19H29O2P/c20-19-14-8-7-9-16(19)15-21-22(17-10-3-1-4-11-17)18-12-5-2-6-13-18/h7-9,14,17-18,20H,1-6,10-13,15H2. The van der Waals surface area contributed by atoms with E-state index in [4.69, 9.17) is 4.52 Å². The van der Waals surface area contributed by atoms with Gasteiger partial charge in [0.1, 0.15) is 5.75 Å². The first-order chi connectivity index (χ1) is 10.8. The van der Waals surface area contributed by atoms with E-state index < -0.39 is 0 Å². The first kappa shape index (κ1) is 16.3. The Hall–Kier alpha value is -0.590. The maximum absolute atomic E-state index is 9.97. The van der Waals surface area contributed by atoms with Gasteiger partial charge < -0.3 is 9.63 Å². The molecule has 0 unspecified atom stereocenters. The minimum atomic E-state index is -0.344. The fourth-order valence-electron chi connectivity index (χ4n) is 3.96. The molecule has 0 aliphatic heterocycles. The maximum atomic E-state index is 9.97. The van der Waals surface area contributed by atoms with Gasteiger partial charge in [0.15, 0.2) is 0 Å². The molecule has 2 fully saturated rings. The van der Waals surface area contributed by atoms with Crippen LogP contribution in [0.2, 0.25) is 0 Å². The average molecular weight is 320 g/mol. The van der Waals surface area contributed by atoms with Gasteiger partial charge >= 0.3 is 0 Å². The zero-order chi connectivity index (χ0) is 15.2. The van der Waals surface area contributed by atoms with E-state index in [1.807, 2.05) is 18.2 Å². The zero-order valence-electron chi connectivity index (χ0n) is 13.5. The van der Waals surface area contributed by atoms with E-state index in [0.29, 0.717) is 12.4 Å². The summed E-state index contributed by atoms with van der Waals surface area (Å²) in [6.45, 7) is 0.589. The third-order valence-corrected chi connectivity index (χ3v) is 8.13. The highest BCUT2D eigenvalue weighted by Gasteiger charge is 2.32. The molecule has 0 radical (unpaired) electrons. The molecule has 2 saturated carbocycles. The monoisotopic (exact) mass is 320 g/mol. The van der Waals surface area contributed by atoms with Gasteiger partial charge in [0.25, 0.3) is 0 Å². The van der Waals surface area contributed by atoms with Gasteiger partial charge in [-0.05, 0) is 31.7 Å². The molecule has 3 rings (SSSR count). The molecular weight excluding hydrogens is 291 g/mol. The molecule has 2 nitrogen and oxygen atoms in total. The normalized spacial score (nSPS) is 21.3. The number of benzene rings is 1. The first-order valence-corrected chi connectivity index (χ1v) is 10.4. The minimum Gasteiger partial charge on any atom is -0.508 e. The Morgan fingerprint density at radius 2 is 1.41 bits per heavy atom. The molecule has 0 spiro atoms. The SMILES string of the molecule is Oc1ccccc1COP(C1CCCCC1)C1CCCCC1. The number of hydrogen-bond donors (Lipinski definition) is 1. The lowest BCUT2D eigenvalue weighted by molar-refractivity contribution is 0.308. The summed E-state index contributed by atoms with van der Waals surface area (Å²) in [5.74, 6) is 0.379. The van der Waals surface area contributed by atoms with Crippen molar-refractivity contribution in [1.29, 1.82) is 0 Å². The average Bonchev–Trinajstić information content (AvgIpc) is 2.59. The van der Waals surface area contributed by atoms with Gasteiger partial charge in [0.05, 0.1) is 6.61 Å². The molecule has 2 aliphatic rings. The Morgan fingerprint density at radius 1 is 0.864 bits per heavy atom. The Labute approximate surface area is 136 Å². The third-order valence-electron chi connectivity index (χ3n) is 5.23. The number of para-hydroxylation sites is 1. The van der Waals surface area contributed by atoms with Crippen LogP contribution in [0.15, 0.2) is 24.3 Å². The molecule has 1 aromatic rings. The van der Waals surface area contributed by atoms with Crippen molar-refractivity contribution < 1.29 is 9.63 Å². The van der Waals surface area contributed by atoms with E-state index in [2.05, 4.69) is 0 Å². The Kier molecular flexibility index (Phi) is 6.15. The third kappa shape index (κ3) is 4.24. The number of hydrogen-bond acceptors (Lipinski definition) is 2. The minimum absolute atomic E-state index is 0.344. The molecule has 0 heterocycles. The molecule has 0 aromatic heterocycles. The molecular formula is C19H29O2P. The summed E-state index contributed by atoms with van der Waals surface area (Å²) in [5.41, 5.74) is 2.55. The molecule has 22 heavy (non-hydrogen) atoms. The van der Waals surface area contributed by atoms with Crippen LogP contribution >= 0.6 is 8.15 Å². The fraction of sp³-hybridized carbons (Fsp3) is 0.684. The molecule has 122 valence electrons. The van der Waals surface area contributed by atoms with Crippen molar-refractivity contribution >= 4 is 8.15 Å². The van der Waals surface area contributed by atoms with Crippen LogP contribution in [0.25, 0.3) is 0 Å². The summed E-state index contributed by atoms with van der Waals surface area (Å²) in [5, 5.41) is 9.97. The van der Waals surface area contributed by atoms with Gasteiger partial charge in [-0.2, -0.15) is 0 Å². The van der Waals surface area contributed by atoms with Crippen LogP contribution in [0.1, 0.15) is 69.8 Å². The van der Waals surface area contributed by atoms with Crippen molar-refractivity contribution in [1.82, 2.24) is 0 Å².